The number of amides is 1. The number of carbonyl (C=O) groups excluding carboxylic acids is 1. The lowest BCUT2D eigenvalue weighted by molar-refractivity contribution is -0.384. The number of hydrogen-bond donors (Lipinski definition) is 1. The summed E-state index contributed by atoms with van der Waals surface area (Å²) in [6, 6.07) is 6.03. The zero-order valence-corrected chi connectivity index (χ0v) is 11.6. The van der Waals surface area contributed by atoms with E-state index in [2.05, 4.69) is 0 Å². The van der Waals surface area contributed by atoms with Gasteiger partial charge in [0.15, 0.2) is 0 Å². The van der Waals surface area contributed by atoms with Crippen LogP contribution < -0.4 is 10.6 Å². The van der Waals surface area contributed by atoms with Crippen LogP contribution in [-0.2, 0) is 4.74 Å². The van der Waals surface area contributed by atoms with Crippen LogP contribution in [0.5, 0.6) is 0 Å². The maximum absolute atomic E-state index is 11.2. The average Bonchev–Trinajstić information content (AvgIpc) is 2.46. The number of benzene rings is 1. The summed E-state index contributed by atoms with van der Waals surface area (Å²) in [7, 11) is 1.52. The summed E-state index contributed by atoms with van der Waals surface area (Å²) >= 11 is 0. The van der Waals surface area contributed by atoms with Crippen LogP contribution in [0.1, 0.15) is 16.8 Å². The van der Waals surface area contributed by atoms with Gasteiger partial charge in [-0.3, -0.25) is 14.9 Å². The zero-order chi connectivity index (χ0) is 15.8. The lowest BCUT2D eigenvalue weighted by Gasteiger charge is -2.23. The third kappa shape index (κ3) is 4.43. The van der Waals surface area contributed by atoms with Crippen molar-refractivity contribution < 1.29 is 14.5 Å². The van der Waals surface area contributed by atoms with Crippen LogP contribution in [0.2, 0.25) is 0 Å². The van der Waals surface area contributed by atoms with E-state index in [1.807, 2.05) is 6.07 Å². The molecule has 0 unspecified atom stereocenters. The van der Waals surface area contributed by atoms with Crippen LogP contribution >= 0.6 is 0 Å². The molecule has 0 spiro atoms. The minimum absolute atomic E-state index is 0.0671. The minimum atomic E-state index is -0.731. The molecule has 1 amide bonds. The number of anilines is 1. The minimum Gasteiger partial charge on any atom is -0.383 e. The fraction of sp³-hybridized carbons (Fsp3) is 0.385. The van der Waals surface area contributed by atoms with E-state index in [-0.39, 0.29) is 17.7 Å². The Balaban J connectivity index is 3.19. The second kappa shape index (κ2) is 7.81. The summed E-state index contributed by atoms with van der Waals surface area (Å²) in [6.45, 7) is 1.09. The second-order valence-electron chi connectivity index (χ2n) is 4.21. The normalized spacial score (nSPS) is 9.90. The van der Waals surface area contributed by atoms with E-state index in [4.69, 9.17) is 15.7 Å². The average molecular weight is 292 g/mol. The molecule has 0 atom stereocenters. The van der Waals surface area contributed by atoms with Gasteiger partial charge in [-0.25, -0.2) is 0 Å². The summed E-state index contributed by atoms with van der Waals surface area (Å²) in [5.74, 6) is -0.731. The highest BCUT2D eigenvalue weighted by molar-refractivity contribution is 5.94. The van der Waals surface area contributed by atoms with Gasteiger partial charge in [0.2, 0.25) is 5.91 Å². The molecule has 112 valence electrons. The van der Waals surface area contributed by atoms with Crippen LogP contribution in [-0.4, -0.2) is 37.6 Å². The summed E-state index contributed by atoms with van der Waals surface area (Å²) in [5.41, 5.74) is 5.31. The largest absolute Gasteiger partial charge is 0.383 e. The van der Waals surface area contributed by atoms with Crippen molar-refractivity contribution in [3.05, 3.63) is 33.9 Å². The van der Waals surface area contributed by atoms with E-state index in [1.54, 1.807) is 4.90 Å². The topological polar surface area (TPSA) is 122 Å². The third-order valence-corrected chi connectivity index (χ3v) is 2.86. The van der Waals surface area contributed by atoms with Crippen molar-refractivity contribution in [2.24, 2.45) is 5.73 Å². The molecule has 0 fully saturated rings. The van der Waals surface area contributed by atoms with Gasteiger partial charge in [-0.2, -0.15) is 5.26 Å². The maximum Gasteiger partial charge on any atom is 0.293 e. The summed E-state index contributed by atoms with van der Waals surface area (Å²) in [4.78, 5) is 23.4. The number of methoxy groups -OCH3 is 1. The monoisotopic (exact) mass is 292 g/mol. The molecule has 1 aromatic rings. The number of nitro groups is 1. The fourth-order valence-electron chi connectivity index (χ4n) is 1.83. The lowest BCUT2D eigenvalue weighted by Crippen LogP contribution is -2.29. The van der Waals surface area contributed by atoms with Gasteiger partial charge >= 0.3 is 0 Å². The zero-order valence-electron chi connectivity index (χ0n) is 11.6. The van der Waals surface area contributed by atoms with Crippen molar-refractivity contribution in [3.8, 4) is 6.07 Å². The molecule has 0 heterocycles. The number of carbonyl (C=O) groups is 1. The molecule has 2 N–H and O–H groups in total. The van der Waals surface area contributed by atoms with E-state index < -0.39 is 10.8 Å². The quantitative estimate of drug-likeness (QED) is 0.564. The van der Waals surface area contributed by atoms with Crippen LogP contribution in [0.3, 0.4) is 0 Å². The van der Waals surface area contributed by atoms with Crippen molar-refractivity contribution >= 4 is 17.3 Å². The first-order valence-corrected chi connectivity index (χ1v) is 6.20. The highest BCUT2D eigenvalue weighted by Crippen LogP contribution is 2.29. The van der Waals surface area contributed by atoms with Crippen molar-refractivity contribution in [3.63, 3.8) is 0 Å². The number of nitro benzene ring substituents is 1. The van der Waals surface area contributed by atoms with E-state index in [1.165, 1.54) is 19.2 Å². The van der Waals surface area contributed by atoms with Crippen LogP contribution in [0.15, 0.2) is 18.2 Å². The summed E-state index contributed by atoms with van der Waals surface area (Å²) < 4.78 is 4.97. The third-order valence-electron chi connectivity index (χ3n) is 2.86. The van der Waals surface area contributed by atoms with E-state index in [9.17, 15) is 14.9 Å². The smallest absolute Gasteiger partial charge is 0.293 e. The van der Waals surface area contributed by atoms with Crippen LogP contribution in [0.25, 0.3) is 0 Å². The van der Waals surface area contributed by atoms with Gasteiger partial charge in [0.25, 0.3) is 5.69 Å². The Morgan fingerprint density at radius 3 is 2.76 bits per heavy atom. The second-order valence-corrected chi connectivity index (χ2v) is 4.21. The van der Waals surface area contributed by atoms with E-state index in [0.717, 1.165) is 6.07 Å². The van der Waals surface area contributed by atoms with E-state index in [0.29, 0.717) is 25.4 Å². The Morgan fingerprint density at radius 2 is 2.24 bits per heavy atom. The molecule has 0 aliphatic heterocycles. The number of nitrogens with zero attached hydrogens (tertiary/aromatic N) is 3. The van der Waals surface area contributed by atoms with Crippen molar-refractivity contribution in [2.75, 3.05) is 31.7 Å². The Bertz CT molecular complexity index is 568. The summed E-state index contributed by atoms with van der Waals surface area (Å²) in [6.07, 6.45) is 0.221. The molecular formula is C13H16N4O4. The molecule has 0 aromatic heterocycles. The molecule has 8 nitrogen and oxygen atoms in total. The molecule has 21 heavy (non-hydrogen) atoms. The molecule has 1 aromatic carbocycles. The Morgan fingerprint density at radius 1 is 1.52 bits per heavy atom. The van der Waals surface area contributed by atoms with Gasteiger partial charge in [-0.1, -0.05) is 0 Å². The maximum atomic E-state index is 11.2. The van der Waals surface area contributed by atoms with Crippen molar-refractivity contribution in [1.29, 1.82) is 5.26 Å². The SMILES string of the molecule is COCCN(CCC#N)c1ccc(C(N)=O)cc1[N+](=O)[O-]. The van der Waals surface area contributed by atoms with Gasteiger partial charge in [0.05, 0.1) is 24.0 Å². The molecule has 1 rings (SSSR count). The molecule has 0 aliphatic carbocycles. The van der Waals surface area contributed by atoms with Gasteiger partial charge < -0.3 is 15.4 Å². The first-order chi connectivity index (χ1) is 10.0. The van der Waals surface area contributed by atoms with Gasteiger partial charge in [0, 0.05) is 31.8 Å². The number of primary amides is 1. The first-order valence-electron chi connectivity index (χ1n) is 6.20. The molecular weight excluding hydrogens is 276 g/mol. The molecule has 0 bridgehead atoms. The summed E-state index contributed by atoms with van der Waals surface area (Å²) in [5, 5.41) is 19.9. The Hall–Kier alpha value is -2.66. The fourth-order valence-corrected chi connectivity index (χ4v) is 1.83. The van der Waals surface area contributed by atoms with Gasteiger partial charge in [-0.15, -0.1) is 0 Å². The number of hydrogen-bond acceptors (Lipinski definition) is 6. The number of ether oxygens (including phenoxy) is 1. The Kier molecular flexibility index (Phi) is 6.10. The standard InChI is InChI=1S/C13H16N4O4/c1-21-8-7-16(6-2-5-14)11-4-3-10(13(15)18)9-12(11)17(19)20/h3-4,9H,2,6-8H2,1H3,(H2,15,18). The highest BCUT2D eigenvalue weighted by Gasteiger charge is 2.21. The predicted molar refractivity (Wildman–Crippen MR) is 75.9 cm³/mol. The molecule has 8 heteroatoms. The van der Waals surface area contributed by atoms with Crippen molar-refractivity contribution in [2.45, 2.75) is 6.42 Å². The van der Waals surface area contributed by atoms with Crippen LogP contribution in [0.4, 0.5) is 11.4 Å². The van der Waals surface area contributed by atoms with E-state index >= 15 is 0 Å². The number of nitrogens with two attached hydrogens (primary N) is 1. The van der Waals surface area contributed by atoms with Gasteiger partial charge in [-0.05, 0) is 12.1 Å². The molecule has 0 radical (unpaired) electrons. The lowest BCUT2D eigenvalue weighted by atomic mass is 10.1. The predicted octanol–water partition coefficient (Wildman–Crippen LogP) is 1.06. The molecule has 0 aliphatic rings. The highest BCUT2D eigenvalue weighted by atomic mass is 16.6. The first kappa shape index (κ1) is 16.4. The van der Waals surface area contributed by atoms with Gasteiger partial charge in [0.1, 0.15) is 5.69 Å². The van der Waals surface area contributed by atoms with Crippen molar-refractivity contribution in [1.82, 2.24) is 0 Å². The van der Waals surface area contributed by atoms with Crippen LogP contribution in [0, 0.1) is 21.4 Å². The number of rotatable bonds is 8. The molecule has 0 saturated carbocycles. The molecule has 0 saturated heterocycles. The number of nitriles is 1. The Labute approximate surface area is 121 Å².